The lowest BCUT2D eigenvalue weighted by Crippen LogP contribution is -2.39. The number of aliphatic hydroxyl groups excluding tert-OH is 1. The van der Waals surface area contributed by atoms with Gasteiger partial charge in [-0.3, -0.25) is 14.4 Å². The summed E-state index contributed by atoms with van der Waals surface area (Å²) in [6, 6.07) is 1.39. The molecule has 1 aromatic carbocycles. The molecule has 2 heterocycles. The summed E-state index contributed by atoms with van der Waals surface area (Å²) in [5.41, 5.74) is -2.21. The molecule has 3 aliphatic rings. The molecular weight excluding hydrogens is 478 g/mol. The smallest absolute Gasteiger partial charge is 0.334 e. The highest BCUT2D eigenvalue weighted by Crippen LogP contribution is 2.49. The summed E-state index contributed by atoms with van der Waals surface area (Å²) in [5, 5.41) is 35.5. The van der Waals surface area contributed by atoms with Gasteiger partial charge < -0.3 is 25.4 Å². The third kappa shape index (κ3) is 4.42. The zero-order valence-electron chi connectivity index (χ0n) is 21.2. The highest BCUT2D eigenvalue weighted by molar-refractivity contribution is 6.17. The molecule has 0 spiro atoms. The van der Waals surface area contributed by atoms with E-state index < -0.39 is 47.2 Å². The van der Waals surface area contributed by atoms with Crippen molar-refractivity contribution in [3.63, 3.8) is 0 Å². The fourth-order valence-corrected chi connectivity index (χ4v) is 5.13. The third-order valence-corrected chi connectivity index (χ3v) is 7.40. The van der Waals surface area contributed by atoms with Crippen LogP contribution in [0.3, 0.4) is 0 Å². The summed E-state index contributed by atoms with van der Waals surface area (Å²) in [5.74, 6) is -4.31. The second-order valence-corrected chi connectivity index (χ2v) is 9.97. The lowest BCUT2D eigenvalue weighted by molar-refractivity contribution is -0.146. The van der Waals surface area contributed by atoms with Gasteiger partial charge >= 0.3 is 5.97 Å². The van der Waals surface area contributed by atoms with Gasteiger partial charge in [0.15, 0.2) is 11.6 Å². The molecule has 196 valence electrons. The number of hydrogen-bond acceptors (Lipinski definition) is 8. The number of carbonyl (C=O) groups excluding carboxylic acids is 4. The molecule has 4 bridgehead atoms. The molecule has 4 N–H and O–H groups in total. The standard InChI is InChI=1S/C28H31NO8/c1-5-16-6-8-19(31)24-23-17(10-13(2)25(24)33)28(36)18(26(34)29-22(28)12-20(23)32)11-14(3)27(35)37-21(9-7-16)15(4)30/h7,9-12,15-16,18,21,30,33,36H,5-6,8H2,1-4H3,(H,29,34)/b9-7-,14-11-/t15-,16-,18-,21+,28-/m0/s1. The fraction of sp³-hybridized carbons (Fsp3) is 0.429. The van der Waals surface area contributed by atoms with Crippen LogP contribution in [0.15, 0.2) is 41.6 Å². The SMILES string of the molecule is CC[C@@H]1/C=C\[C@H]([C@H](C)O)OC(=O)/C(C)=C\[C@H]2C(=O)NC3=CC(=O)c4c(cc(C)c(O)c4C(=O)CC1)[C@@]32O. The Morgan fingerprint density at radius 3 is 2.51 bits per heavy atom. The van der Waals surface area contributed by atoms with Gasteiger partial charge in [0.25, 0.3) is 0 Å². The number of phenolic OH excluding ortho intramolecular Hbond substituents is 1. The zero-order valence-corrected chi connectivity index (χ0v) is 21.2. The molecule has 0 unspecified atom stereocenters. The first-order valence-corrected chi connectivity index (χ1v) is 12.4. The number of allylic oxidation sites excluding steroid dienone is 2. The van der Waals surface area contributed by atoms with Gasteiger partial charge in [0.2, 0.25) is 5.91 Å². The first kappa shape index (κ1) is 26.5. The van der Waals surface area contributed by atoms with Gasteiger partial charge in [-0.25, -0.2) is 4.79 Å². The Labute approximate surface area is 214 Å². The molecule has 1 aromatic rings. The Morgan fingerprint density at radius 1 is 1.16 bits per heavy atom. The highest BCUT2D eigenvalue weighted by atomic mass is 16.6. The minimum atomic E-state index is -2.08. The van der Waals surface area contributed by atoms with E-state index >= 15 is 0 Å². The molecule has 1 amide bonds. The Hall–Kier alpha value is -3.56. The van der Waals surface area contributed by atoms with Crippen LogP contribution in [-0.4, -0.2) is 51.0 Å². The molecule has 0 saturated carbocycles. The summed E-state index contributed by atoms with van der Waals surface area (Å²) in [6.45, 7) is 6.37. The van der Waals surface area contributed by atoms with E-state index in [4.69, 9.17) is 4.74 Å². The summed E-state index contributed by atoms with van der Waals surface area (Å²) < 4.78 is 5.49. The predicted octanol–water partition coefficient (Wildman–Crippen LogP) is 2.51. The fourth-order valence-electron chi connectivity index (χ4n) is 5.13. The average molecular weight is 510 g/mol. The quantitative estimate of drug-likeness (QED) is 0.351. The predicted molar refractivity (Wildman–Crippen MR) is 133 cm³/mol. The van der Waals surface area contributed by atoms with E-state index in [9.17, 15) is 34.5 Å². The largest absolute Gasteiger partial charge is 0.507 e. The van der Waals surface area contributed by atoms with E-state index in [1.807, 2.05) is 6.92 Å². The zero-order chi connectivity index (χ0) is 27.2. The summed E-state index contributed by atoms with van der Waals surface area (Å²) in [4.78, 5) is 52.5. The van der Waals surface area contributed by atoms with Crippen LogP contribution in [0.2, 0.25) is 0 Å². The van der Waals surface area contributed by atoms with E-state index in [1.165, 1.54) is 26.0 Å². The van der Waals surface area contributed by atoms with E-state index in [0.717, 1.165) is 6.08 Å². The number of amides is 1. The average Bonchev–Trinajstić information content (AvgIpc) is 3.08. The van der Waals surface area contributed by atoms with Crippen molar-refractivity contribution in [1.29, 1.82) is 0 Å². The van der Waals surface area contributed by atoms with Crippen molar-refractivity contribution >= 4 is 23.4 Å². The van der Waals surface area contributed by atoms with Crippen molar-refractivity contribution in [2.24, 2.45) is 11.8 Å². The van der Waals surface area contributed by atoms with Gasteiger partial charge in [0.1, 0.15) is 17.5 Å². The maximum atomic E-state index is 13.4. The number of carbonyl (C=O) groups is 4. The summed E-state index contributed by atoms with van der Waals surface area (Å²) >= 11 is 0. The molecule has 0 radical (unpaired) electrons. The van der Waals surface area contributed by atoms with Crippen LogP contribution in [0.5, 0.6) is 5.75 Å². The van der Waals surface area contributed by atoms with E-state index in [0.29, 0.717) is 12.8 Å². The van der Waals surface area contributed by atoms with Crippen LogP contribution in [0.25, 0.3) is 0 Å². The number of rotatable bonds is 2. The van der Waals surface area contributed by atoms with Crippen molar-refractivity contribution in [3.05, 3.63) is 63.9 Å². The Morgan fingerprint density at radius 2 is 1.86 bits per heavy atom. The number of nitrogens with one attached hydrogen (secondary N) is 1. The molecule has 4 rings (SSSR count). The van der Waals surface area contributed by atoms with Crippen molar-refractivity contribution in [2.45, 2.75) is 64.8 Å². The highest BCUT2D eigenvalue weighted by Gasteiger charge is 2.55. The van der Waals surface area contributed by atoms with Crippen molar-refractivity contribution in [3.8, 4) is 5.75 Å². The Balaban J connectivity index is 1.96. The molecule has 2 aliphatic heterocycles. The number of ether oxygens (including phenoxy) is 1. The number of aliphatic hydroxyl groups is 2. The number of hydrogen-bond donors (Lipinski definition) is 4. The molecule has 9 heteroatoms. The lowest BCUT2D eigenvalue weighted by Gasteiger charge is -2.34. The van der Waals surface area contributed by atoms with Crippen LogP contribution in [0, 0.1) is 18.8 Å². The van der Waals surface area contributed by atoms with E-state index in [1.54, 1.807) is 19.1 Å². The van der Waals surface area contributed by atoms with Gasteiger partial charge in [0, 0.05) is 29.2 Å². The molecule has 5 atom stereocenters. The van der Waals surface area contributed by atoms with E-state index in [-0.39, 0.29) is 51.6 Å². The van der Waals surface area contributed by atoms with Crippen LogP contribution in [0.4, 0.5) is 0 Å². The number of cyclic esters (lactones) is 1. The number of aryl methyl sites for hydroxylation is 1. The monoisotopic (exact) mass is 509 g/mol. The maximum Gasteiger partial charge on any atom is 0.334 e. The third-order valence-electron chi connectivity index (χ3n) is 7.40. The van der Waals surface area contributed by atoms with Crippen LogP contribution < -0.4 is 5.32 Å². The number of phenols is 1. The molecule has 0 aromatic heterocycles. The van der Waals surface area contributed by atoms with Crippen LogP contribution in [-0.2, 0) is 19.9 Å². The van der Waals surface area contributed by atoms with Crippen molar-refractivity contribution in [1.82, 2.24) is 5.32 Å². The van der Waals surface area contributed by atoms with Gasteiger partial charge in [-0.1, -0.05) is 19.1 Å². The Bertz CT molecular complexity index is 1290. The normalized spacial score (nSPS) is 31.1. The molecule has 1 fully saturated rings. The maximum absolute atomic E-state index is 13.4. The number of aromatic hydroxyl groups is 1. The summed E-state index contributed by atoms with van der Waals surface area (Å²) in [6.07, 6.45) is 4.68. The van der Waals surface area contributed by atoms with Crippen LogP contribution in [0.1, 0.15) is 71.9 Å². The first-order valence-electron chi connectivity index (χ1n) is 12.4. The number of Topliss-reactive ketones (excluding diaryl/α,β-unsaturated/α-hetero) is 1. The van der Waals surface area contributed by atoms with Crippen molar-refractivity contribution in [2.75, 3.05) is 0 Å². The molecular formula is C28H31NO8. The topological polar surface area (TPSA) is 150 Å². The summed E-state index contributed by atoms with van der Waals surface area (Å²) in [7, 11) is 0. The number of esters is 1. The molecule has 1 aliphatic carbocycles. The van der Waals surface area contributed by atoms with Gasteiger partial charge in [0.05, 0.1) is 23.3 Å². The van der Waals surface area contributed by atoms with E-state index in [2.05, 4.69) is 5.32 Å². The van der Waals surface area contributed by atoms with Gasteiger partial charge in [-0.05, 0) is 57.2 Å². The minimum Gasteiger partial charge on any atom is -0.507 e. The molecule has 1 saturated heterocycles. The van der Waals surface area contributed by atoms with Crippen LogP contribution >= 0.6 is 0 Å². The first-order chi connectivity index (χ1) is 17.4. The second-order valence-electron chi connectivity index (χ2n) is 9.97. The number of ketones is 2. The lowest BCUT2D eigenvalue weighted by atomic mass is 9.72. The molecule has 9 nitrogen and oxygen atoms in total. The number of benzene rings is 1. The van der Waals surface area contributed by atoms with Crippen molar-refractivity contribution < 1.29 is 39.2 Å². The van der Waals surface area contributed by atoms with Gasteiger partial charge in [-0.15, -0.1) is 0 Å². The van der Waals surface area contributed by atoms with Gasteiger partial charge in [-0.2, -0.15) is 0 Å². The molecule has 37 heavy (non-hydrogen) atoms. The Kier molecular flexibility index (Phi) is 6.96. The second kappa shape index (κ2) is 9.72. The minimum absolute atomic E-state index is 0.00661.